The van der Waals surface area contributed by atoms with Gasteiger partial charge in [0.25, 0.3) is 0 Å². The van der Waals surface area contributed by atoms with E-state index in [2.05, 4.69) is 13.0 Å². The largest absolute Gasteiger partial charge is 0.481 e. The Bertz CT molecular complexity index is 1000. The summed E-state index contributed by atoms with van der Waals surface area (Å²) in [5, 5.41) is 20.8. The molecule has 6 nitrogen and oxygen atoms in total. The van der Waals surface area contributed by atoms with Crippen LogP contribution >= 0.6 is 0 Å². The Morgan fingerprint density at radius 2 is 1.91 bits per heavy atom. The highest BCUT2D eigenvalue weighted by Crippen LogP contribution is 2.67. The molecule has 0 amide bonds. The standard InChI is InChI=1S/C27H34O6/c1-16(28)4-5-22(30)19-15-17-14-18(29)6-10-25(17,2)20-7-11-26(3)21(24(19)20)8-12-27(26,33)13-9-23(31)32/h4-5,7,14,19,21,24,33H,6,8-13,15H2,1-3H3,(H,31,32)/t19?,21-,24+,25-,26-,27-/m0/s1. The fourth-order valence-corrected chi connectivity index (χ4v) is 7.29. The van der Waals surface area contributed by atoms with Crippen molar-refractivity contribution in [3.63, 3.8) is 0 Å². The van der Waals surface area contributed by atoms with Crippen molar-refractivity contribution in [1.82, 2.24) is 0 Å². The maximum absolute atomic E-state index is 13.4. The molecular formula is C27H34O6. The first-order chi connectivity index (χ1) is 15.4. The first-order valence-electron chi connectivity index (χ1n) is 12.0. The highest BCUT2D eigenvalue weighted by molar-refractivity contribution is 5.99. The lowest BCUT2D eigenvalue weighted by Gasteiger charge is -2.57. The average molecular weight is 455 g/mol. The van der Waals surface area contributed by atoms with Crippen molar-refractivity contribution in [2.24, 2.45) is 28.6 Å². The van der Waals surface area contributed by atoms with Gasteiger partial charge in [-0.3, -0.25) is 19.2 Å². The predicted molar refractivity (Wildman–Crippen MR) is 122 cm³/mol. The van der Waals surface area contributed by atoms with Crippen LogP contribution in [0, 0.1) is 28.6 Å². The summed E-state index contributed by atoms with van der Waals surface area (Å²) in [6.45, 7) is 5.63. The molecule has 2 fully saturated rings. The van der Waals surface area contributed by atoms with Crippen LogP contribution in [-0.4, -0.2) is 39.1 Å². The quantitative estimate of drug-likeness (QED) is 0.464. The van der Waals surface area contributed by atoms with Gasteiger partial charge in [-0.2, -0.15) is 0 Å². The Morgan fingerprint density at radius 3 is 2.58 bits per heavy atom. The second-order valence-electron chi connectivity index (χ2n) is 11.0. The van der Waals surface area contributed by atoms with Crippen LogP contribution in [0.5, 0.6) is 0 Å². The molecule has 0 aromatic carbocycles. The summed E-state index contributed by atoms with van der Waals surface area (Å²) in [7, 11) is 0. The maximum atomic E-state index is 13.4. The predicted octanol–water partition coefficient (Wildman–Crippen LogP) is 3.97. The van der Waals surface area contributed by atoms with Crippen LogP contribution in [0.3, 0.4) is 0 Å². The number of ketones is 3. The molecule has 33 heavy (non-hydrogen) atoms. The van der Waals surface area contributed by atoms with E-state index in [1.807, 2.05) is 6.92 Å². The third-order valence-corrected chi connectivity index (χ3v) is 9.32. The van der Waals surface area contributed by atoms with Gasteiger partial charge in [-0.05, 0) is 75.5 Å². The molecule has 0 radical (unpaired) electrons. The van der Waals surface area contributed by atoms with Gasteiger partial charge in [-0.15, -0.1) is 0 Å². The zero-order valence-corrected chi connectivity index (χ0v) is 19.7. The van der Waals surface area contributed by atoms with Crippen molar-refractivity contribution < 1.29 is 29.4 Å². The number of carboxylic acids is 1. The molecule has 6 atom stereocenters. The lowest BCUT2D eigenvalue weighted by molar-refractivity contribution is -0.141. The smallest absolute Gasteiger partial charge is 0.303 e. The zero-order chi connectivity index (χ0) is 24.2. The summed E-state index contributed by atoms with van der Waals surface area (Å²) in [6, 6.07) is 0. The van der Waals surface area contributed by atoms with Gasteiger partial charge in [0, 0.05) is 29.6 Å². The molecule has 2 N–H and O–H groups in total. The van der Waals surface area contributed by atoms with Gasteiger partial charge in [0.2, 0.25) is 0 Å². The van der Waals surface area contributed by atoms with Crippen molar-refractivity contribution in [3.05, 3.63) is 35.5 Å². The molecule has 0 aliphatic heterocycles. The molecule has 1 unspecified atom stereocenters. The van der Waals surface area contributed by atoms with Gasteiger partial charge in [-0.25, -0.2) is 0 Å². The Hall–Kier alpha value is -2.34. The van der Waals surface area contributed by atoms with E-state index in [1.54, 1.807) is 6.08 Å². The molecule has 2 saturated carbocycles. The fourth-order valence-electron chi connectivity index (χ4n) is 7.29. The van der Waals surface area contributed by atoms with Crippen molar-refractivity contribution in [1.29, 1.82) is 0 Å². The molecule has 0 saturated heterocycles. The third-order valence-electron chi connectivity index (χ3n) is 9.32. The SMILES string of the molecule is CC(=O)C=CC(=O)C1CC2=CC(=O)CC[C@]2(C)C2=CC[C@@]3(C)[C@@H](CC[C@]3(O)CCC(=O)O)[C@@H]21. The Balaban J connectivity index is 1.79. The second kappa shape index (κ2) is 8.15. The first kappa shape index (κ1) is 23.8. The van der Waals surface area contributed by atoms with E-state index in [0.29, 0.717) is 25.7 Å². The van der Waals surface area contributed by atoms with E-state index < -0.39 is 22.9 Å². The molecule has 4 aliphatic rings. The number of carboxylic acid groups (broad SMARTS) is 1. The molecule has 4 rings (SSSR count). The normalized spacial score (nSPS) is 39.9. The van der Waals surface area contributed by atoms with E-state index in [9.17, 15) is 29.4 Å². The topological polar surface area (TPSA) is 109 Å². The monoisotopic (exact) mass is 454 g/mol. The van der Waals surface area contributed by atoms with E-state index in [-0.39, 0.29) is 47.4 Å². The molecule has 6 heteroatoms. The minimum absolute atomic E-state index is 0.0342. The number of allylic oxidation sites excluding steroid dienone is 6. The first-order valence-corrected chi connectivity index (χ1v) is 12.0. The zero-order valence-electron chi connectivity index (χ0n) is 19.7. The van der Waals surface area contributed by atoms with Gasteiger partial charge in [0.05, 0.1) is 5.60 Å². The number of rotatable bonds is 6. The van der Waals surface area contributed by atoms with E-state index in [4.69, 9.17) is 0 Å². The van der Waals surface area contributed by atoms with E-state index in [0.717, 1.165) is 18.4 Å². The lowest BCUT2D eigenvalue weighted by Crippen LogP contribution is -2.53. The van der Waals surface area contributed by atoms with Crippen LogP contribution in [0.25, 0.3) is 0 Å². The van der Waals surface area contributed by atoms with Crippen LogP contribution in [0.4, 0.5) is 0 Å². The molecule has 0 aromatic heterocycles. The summed E-state index contributed by atoms with van der Waals surface area (Å²) in [5.41, 5.74) is 0.288. The average Bonchev–Trinajstić information content (AvgIpc) is 3.02. The summed E-state index contributed by atoms with van der Waals surface area (Å²) in [6.07, 6.45) is 10.2. The van der Waals surface area contributed by atoms with Crippen LogP contribution in [0.15, 0.2) is 35.5 Å². The number of hydrogen-bond donors (Lipinski definition) is 2. The van der Waals surface area contributed by atoms with Gasteiger partial charge < -0.3 is 10.2 Å². The summed E-state index contributed by atoms with van der Waals surface area (Å²) in [4.78, 5) is 48.3. The van der Waals surface area contributed by atoms with Crippen molar-refractivity contribution >= 4 is 23.3 Å². The lowest BCUT2D eigenvalue weighted by atomic mass is 9.47. The molecule has 0 heterocycles. The molecule has 4 aliphatic carbocycles. The number of fused-ring (bicyclic) bond motifs is 5. The van der Waals surface area contributed by atoms with Crippen molar-refractivity contribution in [2.75, 3.05) is 0 Å². The van der Waals surface area contributed by atoms with Gasteiger partial charge in [0.1, 0.15) is 0 Å². The second-order valence-corrected chi connectivity index (χ2v) is 11.0. The van der Waals surface area contributed by atoms with Gasteiger partial charge in [0.15, 0.2) is 17.3 Å². The maximum Gasteiger partial charge on any atom is 0.303 e. The van der Waals surface area contributed by atoms with Gasteiger partial charge >= 0.3 is 5.97 Å². The number of carbonyl (C=O) groups is 4. The summed E-state index contributed by atoms with van der Waals surface area (Å²) in [5.74, 6) is -1.59. The van der Waals surface area contributed by atoms with Crippen LogP contribution in [-0.2, 0) is 19.2 Å². The number of hydrogen-bond acceptors (Lipinski definition) is 5. The van der Waals surface area contributed by atoms with Gasteiger partial charge in [-0.1, -0.05) is 31.1 Å². The van der Waals surface area contributed by atoms with E-state index >= 15 is 0 Å². The van der Waals surface area contributed by atoms with Crippen LogP contribution in [0.1, 0.15) is 72.1 Å². The molecular weight excluding hydrogens is 420 g/mol. The fraction of sp³-hybridized carbons (Fsp3) is 0.630. The molecule has 0 spiro atoms. The highest BCUT2D eigenvalue weighted by Gasteiger charge is 2.63. The number of carbonyl (C=O) groups excluding carboxylic acids is 3. The summed E-state index contributed by atoms with van der Waals surface area (Å²) < 4.78 is 0. The third kappa shape index (κ3) is 3.76. The minimum atomic E-state index is -1.10. The Morgan fingerprint density at radius 1 is 1.18 bits per heavy atom. The molecule has 0 aromatic rings. The Labute approximate surface area is 194 Å². The summed E-state index contributed by atoms with van der Waals surface area (Å²) >= 11 is 0. The number of aliphatic hydroxyl groups is 1. The molecule has 0 bridgehead atoms. The van der Waals surface area contributed by atoms with Crippen LogP contribution < -0.4 is 0 Å². The van der Waals surface area contributed by atoms with Crippen LogP contribution in [0.2, 0.25) is 0 Å². The molecule has 178 valence electrons. The Kier molecular flexibility index (Phi) is 5.88. The van der Waals surface area contributed by atoms with E-state index in [1.165, 1.54) is 24.6 Å². The number of aliphatic carboxylic acids is 1. The highest BCUT2D eigenvalue weighted by atomic mass is 16.4. The van der Waals surface area contributed by atoms with Crippen molar-refractivity contribution in [2.45, 2.75) is 77.7 Å². The van der Waals surface area contributed by atoms with Crippen molar-refractivity contribution in [3.8, 4) is 0 Å². The minimum Gasteiger partial charge on any atom is -0.481 e.